The lowest BCUT2D eigenvalue weighted by molar-refractivity contribution is -0.671. The van der Waals surface area contributed by atoms with E-state index in [2.05, 4.69) is 24.0 Å². The van der Waals surface area contributed by atoms with Crippen molar-refractivity contribution in [3.63, 3.8) is 0 Å². The first kappa shape index (κ1) is 12.4. The molecular weight excluding hydrogens is 191 g/mol. The summed E-state index contributed by atoms with van der Waals surface area (Å²) in [7, 11) is -1.62. The zero-order chi connectivity index (χ0) is 10.5. The summed E-state index contributed by atoms with van der Waals surface area (Å²) in [4.78, 5) is 15.3. The Labute approximate surface area is 77.8 Å². The molecular formula is C7H16N2O3P+. The number of aromatic nitrogens is 2. The first-order valence-electron chi connectivity index (χ1n) is 3.87. The standard InChI is InChI=1S/C6H11N2.CH5O3P/c1-3-8-5-4-7(2)6-8;1-5(2,3)4/h4-6H,3H2,1-2H3;1H3,(H2,2,3,4)/q+1;. The van der Waals surface area contributed by atoms with Crippen molar-refractivity contribution in [2.75, 3.05) is 6.66 Å². The number of aryl methyl sites for hydroxylation is 2. The lowest BCUT2D eigenvalue weighted by Gasteiger charge is -1.84. The molecule has 0 saturated carbocycles. The van der Waals surface area contributed by atoms with Crippen molar-refractivity contribution in [3.8, 4) is 0 Å². The van der Waals surface area contributed by atoms with Gasteiger partial charge in [0.25, 0.3) is 0 Å². The van der Waals surface area contributed by atoms with Gasteiger partial charge in [0.1, 0.15) is 12.4 Å². The second kappa shape index (κ2) is 5.17. The molecule has 1 aromatic rings. The molecule has 5 nitrogen and oxygen atoms in total. The van der Waals surface area contributed by atoms with Gasteiger partial charge in [0.2, 0.25) is 6.33 Å². The van der Waals surface area contributed by atoms with Gasteiger partial charge in [-0.25, -0.2) is 9.13 Å². The summed E-state index contributed by atoms with van der Waals surface area (Å²) in [6.45, 7) is 4.04. The quantitative estimate of drug-likeness (QED) is 0.508. The molecule has 0 radical (unpaired) electrons. The molecule has 0 aliphatic heterocycles. The van der Waals surface area contributed by atoms with Crippen LogP contribution in [-0.4, -0.2) is 21.0 Å². The zero-order valence-electron chi connectivity index (χ0n) is 8.08. The minimum atomic E-state index is -3.64. The molecule has 0 bridgehead atoms. The van der Waals surface area contributed by atoms with Crippen LogP contribution in [0.3, 0.4) is 0 Å². The minimum absolute atomic E-state index is 0.854. The van der Waals surface area contributed by atoms with Crippen LogP contribution in [0.5, 0.6) is 0 Å². The Morgan fingerprint density at radius 1 is 1.54 bits per heavy atom. The molecule has 0 amide bonds. The molecule has 2 N–H and O–H groups in total. The van der Waals surface area contributed by atoms with Crippen molar-refractivity contribution in [1.82, 2.24) is 4.57 Å². The van der Waals surface area contributed by atoms with E-state index in [9.17, 15) is 4.57 Å². The van der Waals surface area contributed by atoms with Crippen LogP contribution >= 0.6 is 7.60 Å². The van der Waals surface area contributed by atoms with Crippen LogP contribution in [0.1, 0.15) is 6.92 Å². The van der Waals surface area contributed by atoms with E-state index in [1.807, 2.05) is 17.8 Å². The van der Waals surface area contributed by atoms with Crippen LogP contribution in [-0.2, 0) is 18.2 Å². The van der Waals surface area contributed by atoms with Gasteiger partial charge in [0.05, 0.1) is 13.6 Å². The maximum Gasteiger partial charge on any atom is 0.322 e. The summed E-state index contributed by atoms with van der Waals surface area (Å²) in [5.74, 6) is 0. The summed E-state index contributed by atoms with van der Waals surface area (Å²) in [6.07, 6.45) is 6.14. The smallest absolute Gasteiger partial charge is 0.322 e. The van der Waals surface area contributed by atoms with Crippen LogP contribution in [0.2, 0.25) is 0 Å². The molecule has 0 unspecified atom stereocenters. The molecule has 0 atom stereocenters. The van der Waals surface area contributed by atoms with E-state index in [4.69, 9.17) is 9.79 Å². The van der Waals surface area contributed by atoms with E-state index in [1.54, 1.807) is 0 Å². The summed E-state index contributed by atoms with van der Waals surface area (Å²) in [5, 5.41) is 0. The summed E-state index contributed by atoms with van der Waals surface area (Å²) in [6, 6.07) is 0. The van der Waals surface area contributed by atoms with Crippen LogP contribution in [0.15, 0.2) is 18.7 Å². The lowest BCUT2D eigenvalue weighted by Crippen LogP contribution is -2.23. The van der Waals surface area contributed by atoms with E-state index < -0.39 is 7.60 Å². The Bertz CT molecular complexity index is 283. The van der Waals surface area contributed by atoms with Crippen molar-refractivity contribution in [1.29, 1.82) is 0 Å². The van der Waals surface area contributed by atoms with E-state index >= 15 is 0 Å². The van der Waals surface area contributed by atoms with Crippen molar-refractivity contribution < 1.29 is 18.9 Å². The van der Waals surface area contributed by atoms with Gasteiger partial charge < -0.3 is 9.79 Å². The van der Waals surface area contributed by atoms with Crippen LogP contribution in [0.4, 0.5) is 0 Å². The Morgan fingerprint density at radius 3 is 2.15 bits per heavy atom. The fourth-order valence-corrected chi connectivity index (χ4v) is 0.689. The second-order valence-corrected chi connectivity index (χ2v) is 4.42. The van der Waals surface area contributed by atoms with Crippen molar-refractivity contribution in [2.45, 2.75) is 13.5 Å². The number of imidazole rings is 1. The topological polar surface area (TPSA) is 66.3 Å². The largest absolute Gasteiger partial charge is 0.325 e. The number of rotatable bonds is 1. The van der Waals surface area contributed by atoms with E-state index in [1.165, 1.54) is 0 Å². The third-order valence-corrected chi connectivity index (χ3v) is 1.19. The molecule has 1 rings (SSSR count). The third kappa shape index (κ3) is 9.27. The van der Waals surface area contributed by atoms with Gasteiger partial charge in [-0.1, -0.05) is 0 Å². The highest BCUT2D eigenvalue weighted by atomic mass is 31.2. The van der Waals surface area contributed by atoms with E-state index in [0.29, 0.717) is 0 Å². The molecule has 0 spiro atoms. The van der Waals surface area contributed by atoms with Gasteiger partial charge in [-0.3, -0.25) is 4.57 Å². The Hall–Kier alpha value is -0.640. The van der Waals surface area contributed by atoms with E-state index in [-0.39, 0.29) is 0 Å². The summed E-state index contributed by atoms with van der Waals surface area (Å²) >= 11 is 0. The number of hydrogen-bond donors (Lipinski definition) is 2. The molecule has 0 aliphatic carbocycles. The Morgan fingerprint density at radius 2 is 2.00 bits per heavy atom. The lowest BCUT2D eigenvalue weighted by atomic mass is 10.7. The van der Waals surface area contributed by atoms with Gasteiger partial charge in [-0.15, -0.1) is 0 Å². The van der Waals surface area contributed by atoms with Crippen LogP contribution < -0.4 is 4.57 Å². The van der Waals surface area contributed by atoms with Crippen LogP contribution in [0.25, 0.3) is 0 Å². The molecule has 76 valence electrons. The van der Waals surface area contributed by atoms with Gasteiger partial charge in [0.15, 0.2) is 0 Å². The molecule has 0 fully saturated rings. The fraction of sp³-hybridized carbons (Fsp3) is 0.571. The highest BCUT2D eigenvalue weighted by Crippen LogP contribution is 2.26. The third-order valence-electron chi connectivity index (χ3n) is 1.19. The average molecular weight is 207 g/mol. The predicted molar refractivity (Wildman–Crippen MR) is 49.3 cm³/mol. The molecule has 1 heterocycles. The van der Waals surface area contributed by atoms with E-state index in [0.717, 1.165) is 13.2 Å². The SMILES string of the molecule is CCn1cc[n+](C)c1.CP(=O)(O)O. The van der Waals surface area contributed by atoms with Crippen molar-refractivity contribution in [3.05, 3.63) is 18.7 Å². The second-order valence-electron chi connectivity index (χ2n) is 2.74. The maximum atomic E-state index is 9.33. The van der Waals surface area contributed by atoms with Gasteiger partial charge in [0, 0.05) is 6.66 Å². The average Bonchev–Trinajstić information content (AvgIpc) is 2.31. The number of nitrogens with zero attached hydrogens (tertiary/aromatic N) is 2. The monoisotopic (exact) mass is 207 g/mol. The van der Waals surface area contributed by atoms with Gasteiger partial charge in [-0.2, -0.15) is 0 Å². The molecule has 6 heteroatoms. The molecule has 13 heavy (non-hydrogen) atoms. The Balaban J connectivity index is 0.000000252. The number of hydrogen-bond acceptors (Lipinski definition) is 1. The molecule has 0 aliphatic rings. The maximum absolute atomic E-state index is 9.33. The summed E-state index contributed by atoms with van der Waals surface area (Å²) in [5.41, 5.74) is 0. The zero-order valence-corrected chi connectivity index (χ0v) is 8.98. The predicted octanol–water partition coefficient (Wildman–Crippen LogP) is 0.126. The molecule has 1 aromatic heterocycles. The molecule has 0 aromatic carbocycles. The first-order chi connectivity index (χ1) is 5.83. The molecule has 0 saturated heterocycles. The minimum Gasteiger partial charge on any atom is -0.325 e. The van der Waals surface area contributed by atoms with Gasteiger partial charge in [-0.05, 0) is 6.92 Å². The fourth-order valence-electron chi connectivity index (χ4n) is 0.689. The highest BCUT2D eigenvalue weighted by molar-refractivity contribution is 7.50. The Kier molecular flexibility index (Phi) is 4.91. The normalized spacial score (nSPS) is 10.5. The van der Waals surface area contributed by atoms with Crippen molar-refractivity contribution >= 4 is 7.60 Å². The van der Waals surface area contributed by atoms with Crippen molar-refractivity contribution in [2.24, 2.45) is 7.05 Å². The highest BCUT2D eigenvalue weighted by Gasteiger charge is 1.95. The van der Waals surface area contributed by atoms with Gasteiger partial charge >= 0.3 is 7.60 Å². The first-order valence-corrected chi connectivity index (χ1v) is 5.93. The van der Waals surface area contributed by atoms with Crippen LogP contribution in [0, 0.1) is 0 Å². The summed E-state index contributed by atoms with van der Waals surface area (Å²) < 4.78 is 13.5.